The number of nitrogens with zero attached hydrogens (tertiary/aromatic N) is 2. The maximum atomic E-state index is 5.30. The van der Waals surface area contributed by atoms with Crippen LogP contribution in [0.5, 0.6) is 0 Å². The summed E-state index contributed by atoms with van der Waals surface area (Å²) in [5.74, 6) is 0.915. The van der Waals surface area contributed by atoms with Gasteiger partial charge in [-0.3, -0.25) is 4.99 Å². The van der Waals surface area contributed by atoms with Gasteiger partial charge in [-0.2, -0.15) is 0 Å². The van der Waals surface area contributed by atoms with Crippen LogP contribution < -0.4 is 10.6 Å². The molecule has 1 aliphatic carbocycles. The first-order chi connectivity index (χ1) is 11.7. The van der Waals surface area contributed by atoms with Crippen LogP contribution in [-0.4, -0.2) is 78.6 Å². The molecule has 0 bridgehead atoms. The van der Waals surface area contributed by atoms with Crippen molar-refractivity contribution in [3.63, 3.8) is 0 Å². The average Bonchev–Trinajstić information content (AvgIpc) is 3.06. The highest BCUT2D eigenvalue weighted by Crippen LogP contribution is 2.40. The van der Waals surface area contributed by atoms with E-state index in [0.29, 0.717) is 5.41 Å². The van der Waals surface area contributed by atoms with Gasteiger partial charge >= 0.3 is 0 Å². The molecule has 2 N–H and O–H groups in total. The van der Waals surface area contributed by atoms with E-state index in [1.807, 2.05) is 7.05 Å². The van der Waals surface area contributed by atoms with Crippen LogP contribution in [0.3, 0.4) is 0 Å². The molecule has 1 aliphatic rings. The highest BCUT2D eigenvalue weighted by Gasteiger charge is 2.33. The van der Waals surface area contributed by atoms with E-state index in [1.165, 1.54) is 25.7 Å². The molecule has 150 valence electrons. The summed E-state index contributed by atoms with van der Waals surface area (Å²) in [6.45, 7) is 5.60. The molecular weight excluding hydrogens is 431 g/mol. The molecule has 25 heavy (non-hydrogen) atoms. The number of likely N-dealkylation sites (N-methyl/N-ethyl adjacent to an activating group) is 1. The van der Waals surface area contributed by atoms with Crippen molar-refractivity contribution < 1.29 is 9.47 Å². The molecule has 0 aliphatic heterocycles. The minimum atomic E-state index is 0. The van der Waals surface area contributed by atoms with Crippen LogP contribution >= 0.6 is 24.0 Å². The van der Waals surface area contributed by atoms with E-state index in [1.54, 1.807) is 14.2 Å². The molecular formula is C18H39IN4O2. The molecule has 0 atom stereocenters. The summed E-state index contributed by atoms with van der Waals surface area (Å²) < 4.78 is 10.4. The molecule has 0 saturated heterocycles. The number of ether oxygens (including phenoxy) is 2. The van der Waals surface area contributed by atoms with E-state index in [0.717, 1.165) is 58.2 Å². The fourth-order valence-electron chi connectivity index (χ4n) is 3.37. The molecule has 1 rings (SSSR count). The molecule has 0 radical (unpaired) electrons. The SMILES string of the molecule is CN=C(NCCCN(C)CCOC)NCC1(CCOC)CCCC1.I. The summed E-state index contributed by atoms with van der Waals surface area (Å²) in [6, 6.07) is 0. The fraction of sp³-hybridized carbons (Fsp3) is 0.944. The van der Waals surface area contributed by atoms with Crippen molar-refractivity contribution in [3.8, 4) is 0 Å². The first-order valence-corrected chi connectivity index (χ1v) is 9.27. The third-order valence-electron chi connectivity index (χ3n) is 5.04. The van der Waals surface area contributed by atoms with Crippen LogP contribution in [0.15, 0.2) is 4.99 Å². The number of rotatable bonds is 12. The maximum Gasteiger partial charge on any atom is 0.190 e. The summed E-state index contributed by atoms with van der Waals surface area (Å²) in [6.07, 6.45) is 7.50. The zero-order valence-corrected chi connectivity index (χ0v) is 18.9. The fourth-order valence-corrected chi connectivity index (χ4v) is 3.37. The van der Waals surface area contributed by atoms with Gasteiger partial charge in [-0.1, -0.05) is 12.8 Å². The number of methoxy groups -OCH3 is 2. The quantitative estimate of drug-likeness (QED) is 0.199. The summed E-state index contributed by atoms with van der Waals surface area (Å²) in [4.78, 5) is 6.65. The number of halogens is 1. The predicted molar refractivity (Wildman–Crippen MR) is 116 cm³/mol. The van der Waals surface area contributed by atoms with Crippen LogP contribution in [0.4, 0.5) is 0 Å². The van der Waals surface area contributed by atoms with Gasteiger partial charge in [0.15, 0.2) is 5.96 Å². The second-order valence-electron chi connectivity index (χ2n) is 6.95. The highest BCUT2D eigenvalue weighted by atomic mass is 127. The summed E-state index contributed by atoms with van der Waals surface area (Å²) in [7, 11) is 7.51. The Balaban J connectivity index is 0.00000576. The first kappa shape index (κ1) is 24.9. The molecule has 0 aromatic heterocycles. The number of guanidine groups is 1. The molecule has 6 nitrogen and oxygen atoms in total. The van der Waals surface area contributed by atoms with Crippen molar-refractivity contribution in [2.24, 2.45) is 10.4 Å². The number of hydrogen-bond acceptors (Lipinski definition) is 4. The van der Waals surface area contributed by atoms with Gasteiger partial charge in [0.2, 0.25) is 0 Å². The summed E-state index contributed by atoms with van der Waals surface area (Å²) >= 11 is 0. The van der Waals surface area contributed by atoms with Crippen LogP contribution in [0.25, 0.3) is 0 Å². The van der Waals surface area contributed by atoms with E-state index < -0.39 is 0 Å². The van der Waals surface area contributed by atoms with Gasteiger partial charge in [0.1, 0.15) is 0 Å². The zero-order valence-electron chi connectivity index (χ0n) is 16.6. The number of nitrogens with one attached hydrogen (secondary N) is 2. The van der Waals surface area contributed by atoms with Crippen LogP contribution in [0.2, 0.25) is 0 Å². The van der Waals surface area contributed by atoms with E-state index in [4.69, 9.17) is 9.47 Å². The average molecular weight is 470 g/mol. The molecule has 0 heterocycles. The second-order valence-corrected chi connectivity index (χ2v) is 6.95. The molecule has 0 amide bonds. The lowest BCUT2D eigenvalue weighted by Crippen LogP contribution is -2.44. The van der Waals surface area contributed by atoms with E-state index in [-0.39, 0.29) is 24.0 Å². The van der Waals surface area contributed by atoms with Crippen molar-refractivity contribution in [1.29, 1.82) is 0 Å². The summed E-state index contributed by atoms with van der Waals surface area (Å²) in [5.41, 5.74) is 0.383. The molecule has 0 unspecified atom stereocenters. The minimum Gasteiger partial charge on any atom is -0.385 e. The van der Waals surface area contributed by atoms with Crippen LogP contribution in [0, 0.1) is 5.41 Å². The lowest BCUT2D eigenvalue weighted by Gasteiger charge is -2.30. The third-order valence-corrected chi connectivity index (χ3v) is 5.04. The monoisotopic (exact) mass is 470 g/mol. The van der Waals surface area contributed by atoms with Gasteiger partial charge in [0.25, 0.3) is 0 Å². The van der Waals surface area contributed by atoms with Crippen molar-refractivity contribution in [1.82, 2.24) is 15.5 Å². The number of hydrogen-bond donors (Lipinski definition) is 2. The lowest BCUT2D eigenvalue weighted by molar-refractivity contribution is 0.138. The largest absolute Gasteiger partial charge is 0.385 e. The summed E-state index contributed by atoms with van der Waals surface area (Å²) in [5, 5.41) is 6.96. The number of aliphatic imine (C=N–C) groups is 1. The minimum absolute atomic E-state index is 0. The van der Waals surface area contributed by atoms with Crippen LogP contribution in [0.1, 0.15) is 38.5 Å². The topological polar surface area (TPSA) is 58.1 Å². The van der Waals surface area contributed by atoms with Gasteiger partial charge in [-0.15, -0.1) is 24.0 Å². The van der Waals surface area contributed by atoms with Crippen molar-refractivity contribution in [2.45, 2.75) is 38.5 Å². The van der Waals surface area contributed by atoms with E-state index in [9.17, 15) is 0 Å². The molecule has 1 fully saturated rings. The van der Waals surface area contributed by atoms with Crippen molar-refractivity contribution in [2.75, 3.05) is 67.7 Å². The Hall–Kier alpha value is -0.120. The molecule has 1 saturated carbocycles. The Morgan fingerprint density at radius 3 is 2.36 bits per heavy atom. The normalized spacial score (nSPS) is 16.8. The molecule has 0 aromatic carbocycles. The van der Waals surface area contributed by atoms with Crippen molar-refractivity contribution >= 4 is 29.9 Å². The van der Waals surface area contributed by atoms with Gasteiger partial charge < -0.3 is 25.0 Å². The second kappa shape index (κ2) is 15.0. The van der Waals surface area contributed by atoms with Gasteiger partial charge in [-0.05, 0) is 44.7 Å². The Kier molecular flexibility index (Phi) is 14.9. The molecule has 0 spiro atoms. The lowest BCUT2D eigenvalue weighted by atomic mass is 9.83. The zero-order chi connectivity index (χ0) is 17.7. The van der Waals surface area contributed by atoms with E-state index in [2.05, 4.69) is 27.6 Å². The Morgan fingerprint density at radius 2 is 1.76 bits per heavy atom. The molecule has 0 aromatic rings. The third kappa shape index (κ3) is 10.6. The maximum absolute atomic E-state index is 5.30. The Bertz CT molecular complexity index is 350. The van der Waals surface area contributed by atoms with Crippen LogP contribution in [-0.2, 0) is 9.47 Å². The molecule has 7 heteroatoms. The predicted octanol–water partition coefficient (Wildman–Crippen LogP) is 2.33. The van der Waals surface area contributed by atoms with Gasteiger partial charge in [0, 0.05) is 47.5 Å². The first-order valence-electron chi connectivity index (χ1n) is 9.27. The van der Waals surface area contributed by atoms with Crippen molar-refractivity contribution in [3.05, 3.63) is 0 Å². The Morgan fingerprint density at radius 1 is 1.08 bits per heavy atom. The Labute approximate surface area is 171 Å². The smallest absolute Gasteiger partial charge is 0.190 e. The standard InChI is InChI=1S/C18H38N4O2.HI/c1-19-17(20-11-7-12-22(2)13-15-24-4)21-16-18(10-14-23-3)8-5-6-9-18;/h5-16H2,1-4H3,(H2,19,20,21);1H. The van der Waals surface area contributed by atoms with E-state index >= 15 is 0 Å². The van der Waals surface area contributed by atoms with Gasteiger partial charge in [0.05, 0.1) is 6.61 Å². The highest BCUT2D eigenvalue weighted by molar-refractivity contribution is 14.0. The van der Waals surface area contributed by atoms with Gasteiger partial charge in [-0.25, -0.2) is 0 Å².